The predicted octanol–water partition coefficient (Wildman–Crippen LogP) is 0.808. The third kappa shape index (κ3) is 2.27. The van der Waals surface area contributed by atoms with Gasteiger partial charge in [0.15, 0.2) is 5.65 Å². The summed E-state index contributed by atoms with van der Waals surface area (Å²) in [5, 5.41) is 10.2. The fourth-order valence-corrected chi connectivity index (χ4v) is 1.71. The summed E-state index contributed by atoms with van der Waals surface area (Å²) in [4.78, 5) is 16.1. The summed E-state index contributed by atoms with van der Waals surface area (Å²) in [6.45, 7) is 1.81. The Bertz CT molecular complexity index is 542. The summed E-state index contributed by atoms with van der Waals surface area (Å²) < 4.78 is 1.67. The number of hydrogen-bond acceptors (Lipinski definition) is 4. The maximum absolute atomic E-state index is 11.8. The molecular weight excluding hydrogens is 230 g/mol. The Morgan fingerprint density at radius 1 is 1.50 bits per heavy atom. The Hall–Kier alpha value is -2.11. The zero-order chi connectivity index (χ0) is 12.5. The Labute approximate surface area is 104 Å². The van der Waals surface area contributed by atoms with Gasteiger partial charge in [-0.3, -0.25) is 4.79 Å². The topological polar surface area (TPSA) is 71.3 Å². The number of carbonyl (C=O) groups excluding carboxylic acids is 1. The quantitative estimate of drug-likeness (QED) is 0.836. The highest BCUT2D eigenvalue weighted by molar-refractivity contribution is 5.84. The van der Waals surface area contributed by atoms with Crippen LogP contribution >= 0.6 is 0 Å². The van der Waals surface area contributed by atoms with E-state index in [0.29, 0.717) is 12.0 Å². The molecule has 2 N–H and O–H groups in total. The third-order valence-electron chi connectivity index (χ3n) is 2.90. The molecule has 0 aliphatic heterocycles. The number of carbonyl (C=O) groups is 1. The van der Waals surface area contributed by atoms with E-state index in [1.807, 2.05) is 31.3 Å². The first-order valence-corrected chi connectivity index (χ1v) is 6.11. The van der Waals surface area contributed by atoms with Crippen molar-refractivity contribution in [3.05, 3.63) is 24.4 Å². The van der Waals surface area contributed by atoms with Crippen LogP contribution in [0.2, 0.25) is 0 Å². The maximum Gasteiger partial charge on any atom is 0.243 e. The average Bonchev–Trinajstić information content (AvgIpc) is 3.07. The lowest BCUT2D eigenvalue weighted by Crippen LogP contribution is -2.38. The van der Waals surface area contributed by atoms with Crippen molar-refractivity contribution in [2.45, 2.75) is 31.8 Å². The molecule has 2 heterocycles. The molecule has 0 saturated heterocycles. The second-order valence-corrected chi connectivity index (χ2v) is 4.59. The van der Waals surface area contributed by atoms with Crippen LogP contribution in [-0.4, -0.2) is 32.6 Å². The van der Waals surface area contributed by atoms with Gasteiger partial charge in [0.25, 0.3) is 0 Å². The molecule has 1 saturated carbocycles. The summed E-state index contributed by atoms with van der Waals surface area (Å²) in [5.74, 6) is 0.469. The molecule has 18 heavy (non-hydrogen) atoms. The van der Waals surface area contributed by atoms with E-state index in [1.165, 1.54) is 0 Å². The minimum atomic E-state index is -0.331. The van der Waals surface area contributed by atoms with Crippen LogP contribution in [0.1, 0.15) is 19.8 Å². The van der Waals surface area contributed by atoms with Gasteiger partial charge in [-0.1, -0.05) is 6.07 Å². The standard InChI is InChI=1S/C12H15N5O/c1-8(11(18)14-9-5-6-9)13-12-15-10-4-2-3-7-17(10)16-12/h2-4,7-9H,5-6H2,1H3,(H,13,16)(H,14,18). The minimum Gasteiger partial charge on any atom is -0.352 e. The number of rotatable bonds is 4. The summed E-state index contributed by atoms with van der Waals surface area (Å²) in [6, 6.07) is 5.69. The van der Waals surface area contributed by atoms with Gasteiger partial charge in [0.05, 0.1) is 0 Å². The summed E-state index contributed by atoms with van der Waals surface area (Å²) in [7, 11) is 0. The number of nitrogens with one attached hydrogen (secondary N) is 2. The highest BCUT2D eigenvalue weighted by Crippen LogP contribution is 2.18. The molecule has 0 spiro atoms. The highest BCUT2D eigenvalue weighted by atomic mass is 16.2. The van der Waals surface area contributed by atoms with E-state index in [9.17, 15) is 4.79 Å². The van der Waals surface area contributed by atoms with E-state index in [-0.39, 0.29) is 11.9 Å². The van der Waals surface area contributed by atoms with Crippen LogP contribution in [0, 0.1) is 0 Å². The molecule has 1 fully saturated rings. The van der Waals surface area contributed by atoms with Gasteiger partial charge in [-0.25, -0.2) is 4.52 Å². The van der Waals surface area contributed by atoms with Gasteiger partial charge in [-0.15, -0.1) is 5.10 Å². The minimum absolute atomic E-state index is 0.00337. The molecule has 0 radical (unpaired) electrons. The third-order valence-corrected chi connectivity index (χ3v) is 2.90. The number of aromatic nitrogens is 3. The van der Waals surface area contributed by atoms with Crippen LogP contribution in [0.4, 0.5) is 5.95 Å². The van der Waals surface area contributed by atoms with Crippen LogP contribution in [-0.2, 0) is 4.79 Å². The van der Waals surface area contributed by atoms with E-state index in [2.05, 4.69) is 20.7 Å². The molecule has 1 aliphatic rings. The second-order valence-electron chi connectivity index (χ2n) is 4.59. The molecule has 0 aromatic carbocycles. The molecular formula is C12H15N5O. The van der Waals surface area contributed by atoms with Crippen molar-refractivity contribution >= 4 is 17.5 Å². The van der Waals surface area contributed by atoms with Gasteiger partial charge in [0, 0.05) is 12.2 Å². The monoisotopic (exact) mass is 245 g/mol. The molecule has 0 bridgehead atoms. The van der Waals surface area contributed by atoms with Crippen molar-refractivity contribution in [3.8, 4) is 0 Å². The van der Waals surface area contributed by atoms with Crippen LogP contribution < -0.4 is 10.6 Å². The zero-order valence-electron chi connectivity index (χ0n) is 10.1. The molecule has 1 atom stereocenters. The molecule has 6 nitrogen and oxygen atoms in total. The second kappa shape index (κ2) is 4.29. The highest BCUT2D eigenvalue weighted by Gasteiger charge is 2.25. The molecule has 1 amide bonds. The van der Waals surface area contributed by atoms with Gasteiger partial charge in [-0.2, -0.15) is 4.98 Å². The van der Waals surface area contributed by atoms with Crippen LogP contribution in [0.5, 0.6) is 0 Å². The van der Waals surface area contributed by atoms with E-state index in [1.54, 1.807) is 4.52 Å². The number of anilines is 1. The number of pyridine rings is 1. The first-order valence-electron chi connectivity index (χ1n) is 6.11. The van der Waals surface area contributed by atoms with Gasteiger partial charge in [0.1, 0.15) is 6.04 Å². The molecule has 6 heteroatoms. The number of amides is 1. The number of nitrogens with zero attached hydrogens (tertiary/aromatic N) is 3. The maximum atomic E-state index is 11.8. The fraction of sp³-hybridized carbons (Fsp3) is 0.417. The van der Waals surface area contributed by atoms with E-state index >= 15 is 0 Å². The summed E-state index contributed by atoms with van der Waals surface area (Å²) in [6.07, 6.45) is 4.00. The molecule has 2 aromatic rings. The van der Waals surface area contributed by atoms with Crippen molar-refractivity contribution in [2.24, 2.45) is 0 Å². The lowest BCUT2D eigenvalue weighted by atomic mass is 10.3. The van der Waals surface area contributed by atoms with E-state index < -0.39 is 0 Å². The van der Waals surface area contributed by atoms with Crippen molar-refractivity contribution in [2.75, 3.05) is 5.32 Å². The van der Waals surface area contributed by atoms with Gasteiger partial charge in [-0.05, 0) is 31.9 Å². The normalized spacial score (nSPS) is 16.5. The first kappa shape index (κ1) is 11.0. The molecule has 94 valence electrons. The predicted molar refractivity (Wildman–Crippen MR) is 67.2 cm³/mol. The lowest BCUT2D eigenvalue weighted by molar-refractivity contribution is -0.121. The van der Waals surface area contributed by atoms with Crippen molar-refractivity contribution in [1.82, 2.24) is 19.9 Å². The molecule has 1 unspecified atom stereocenters. The largest absolute Gasteiger partial charge is 0.352 e. The average molecular weight is 245 g/mol. The fourth-order valence-electron chi connectivity index (χ4n) is 1.71. The molecule has 2 aromatic heterocycles. The number of fused-ring (bicyclic) bond motifs is 1. The molecule has 3 rings (SSSR count). The zero-order valence-corrected chi connectivity index (χ0v) is 10.1. The Balaban J connectivity index is 1.68. The van der Waals surface area contributed by atoms with E-state index in [0.717, 1.165) is 18.5 Å². The van der Waals surface area contributed by atoms with Crippen LogP contribution in [0.3, 0.4) is 0 Å². The Morgan fingerprint density at radius 2 is 2.33 bits per heavy atom. The van der Waals surface area contributed by atoms with Crippen molar-refractivity contribution in [3.63, 3.8) is 0 Å². The Kier molecular flexibility index (Phi) is 2.62. The van der Waals surface area contributed by atoms with Gasteiger partial charge in [0.2, 0.25) is 11.9 Å². The molecule has 1 aliphatic carbocycles. The smallest absolute Gasteiger partial charge is 0.243 e. The summed E-state index contributed by atoms with van der Waals surface area (Å²) >= 11 is 0. The van der Waals surface area contributed by atoms with Gasteiger partial charge >= 0.3 is 0 Å². The lowest BCUT2D eigenvalue weighted by Gasteiger charge is -2.11. The Morgan fingerprint density at radius 3 is 3.06 bits per heavy atom. The van der Waals surface area contributed by atoms with Crippen molar-refractivity contribution in [1.29, 1.82) is 0 Å². The van der Waals surface area contributed by atoms with Gasteiger partial charge < -0.3 is 10.6 Å². The van der Waals surface area contributed by atoms with Crippen molar-refractivity contribution < 1.29 is 4.79 Å². The van der Waals surface area contributed by atoms with Crippen LogP contribution in [0.15, 0.2) is 24.4 Å². The first-order chi connectivity index (χ1) is 8.72. The summed E-state index contributed by atoms with van der Waals surface area (Å²) in [5.41, 5.74) is 0.759. The van der Waals surface area contributed by atoms with E-state index in [4.69, 9.17) is 0 Å². The SMILES string of the molecule is CC(Nc1nc2ccccn2n1)C(=O)NC1CC1. The van der Waals surface area contributed by atoms with Crippen LogP contribution in [0.25, 0.3) is 5.65 Å². The number of hydrogen-bond donors (Lipinski definition) is 2.